The van der Waals surface area contributed by atoms with Crippen LogP contribution in [-0.2, 0) is 10.2 Å². The average Bonchev–Trinajstić information content (AvgIpc) is 2.26. The van der Waals surface area contributed by atoms with Crippen molar-refractivity contribution in [1.29, 1.82) is 0 Å². The molecule has 0 aromatic carbocycles. The highest BCUT2D eigenvalue weighted by Crippen LogP contribution is 2.06. The summed E-state index contributed by atoms with van der Waals surface area (Å²) in [5.41, 5.74) is 5.87. The van der Waals surface area contributed by atoms with E-state index >= 15 is 0 Å². The number of rotatable bonds is 3. The van der Waals surface area contributed by atoms with Gasteiger partial charge in [-0.25, -0.2) is 9.71 Å². The van der Waals surface area contributed by atoms with E-state index in [1.165, 1.54) is 19.3 Å². The van der Waals surface area contributed by atoms with E-state index in [1.54, 1.807) is 6.07 Å². The zero-order valence-corrected chi connectivity index (χ0v) is 9.50. The number of hydrogen-bond acceptors (Lipinski definition) is 4. The summed E-state index contributed by atoms with van der Waals surface area (Å²) in [5.74, 6) is 5.65. The lowest BCUT2D eigenvalue weighted by atomic mass is 10.2. The van der Waals surface area contributed by atoms with Gasteiger partial charge in [0.25, 0.3) is 10.2 Å². The van der Waals surface area contributed by atoms with Crippen molar-refractivity contribution in [2.24, 2.45) is 5.73 Å². The van der Waals surface area contributed by atoms with Gasteiger partial charge in [0.2, 0.25) is 0 Å². The standard InChI is InChI=1S/C9H12N4O2S/c1-11-16(14,15)13-9-7-8(3-2-5-10)4-6-12-9/h4,6-7,11H,5,10H2,1H3,(H,12,13). The minimum absolute atomic E-state index is 0.207. The third-order valence-electron chi connectivity index (χ3n) is 1.60. The molecule has 6 nitrogen and oxygen atoms in total. The van der Waals surface area contributed by atoms with Crippen LogP contribution in [0.3, 0.4) is 0 Å². The zero-order chi connectivity index (χ0) is 12.0. The van der Waals surface area contributed by atoms with E-state index in [0.717, 1.165) is 0 Å². The Morgan fingerprint density at radius 1 is 1.56 bits per heavy atom. The monoisotopic (exact) mass is 240 g/mol. The summed E-state index contributed by atoms with van der Waals surface area (Å²) in [7, 11) is -2.24. The number of hydrogen-bond donors (Lipinski definition) is 3. The summed E-state index contributed by atoms with van der Waals surface area (Å²) in [6.07, 6.45) is 1.47. The van der Waals surface area contributed by atoms with E-state index in [2.05, 4.69) is 26.3 Å². The number of pyridine rings is 1. The zero-order valence-electron chi connectivity index (χ0n) is 8.69. The molecule has 1 heterocycles. The Balaban J connectivity index is 2.91. The largest absolute Gasteiger partial charge is 0.320 e. The fraction of sp³-hybridized carbons (Fsp3) is 0.222. The van der Waals surface area contributed by atoms with Crippen molar-refractivity contribution in [1.82, 2.24) is 9.71 Å². The van der Waals surface area contributed by atoms with Gasteiger partial charge in [0.15, 0.2) is 0 Å². The van der Waals surface area contributed by atoms with Gasteiger partial charge >= 0.3 is 0 Å². The number of nitrogens with two attached hydrogens (primary N) is 1. The second kappa shape index (κ2) is 5.46. The molecule has 0 atom stereocenters. The summed E-state index contributed by atoms with van der Waals surface area (Å²) >= 11 is 0. The highest BCUT2D eigenvalue weighted by molar-refractivity contribution is 7.90. The summed E-state index contributed by atoms with van der Waals surface area (Å²) in [6.45, 7) is 0.250. The molecular formula is C9H12N4O2S. The average molecular weight is 240 g/mol. The molecule has 0 fully saturated rings. The van der Waals surface area contributed by atoms with Crippen molar-refractivity contribution in [3.05, 3.63) is 23.9 Å². The van der Waals surface area contributed by atoms with Crippen LogP contribution in [-0.4, -0.2) is 27.0 Å². The summed E-state index contributed by atoms with van der Waals surface area (Å²) < 4.78 is 26.7. The Labute approximate surface area is 94.4 Å². The first-order valence-corrected chi connectivity index (χ1v) is 5.92. The van der Waals surface area contributed by atoms with Crippen molar-refractivity contribution in [2.45, 2.75) is 0 Å². The van der Waals surface area contributed by atoms with Crippen LogP contribution in [0.5, 0.6) is 0 Å². The molecule has 0 spiro atoms. The Hall–Kier alpha value is -1.62. The maximum Gasteiger partial charge on any atom is 0.300 e. The minimum Gasteiger partial charge on any atom is -0.320 e. The van der Waals surface area contributed by atoms with Crippen molar-refractivity contribution >= 4 is 16.0 Å². The summed E-state index contributed by atoms with van der Waals surface area (Å²) in [6, 6.07) is 3.19. The van der Waals surface area contributed by atoms with Crippen LogP contribution in [0.1, 0.15) is 5.56 Å². The van der Waals surface area contributed by atoms with Crippen LogP contribution in [0, 0.1) is 11.8 Å². The molecule has 0 bridgehead atoms. The van der Waals surface area contributed by atoms with Crippen LogP contribution < -0.4 is 15.2 Å². The summed E-state index contributed by atoms with van der Waals surface area (Å²) in [4.78, 5) is 3.85. The Bertz CT molecular complexity index is 516. The first-order valence-electron chi connectivity index (χ1n) is 4.43. The minimum atomic E-state index is -3.55. The van der Waals surface area contributed by atoms with Crippen molar-refractivity contribution in [2.75, 3.05) is 18.3 Å². The molecule has 0 aliphatic carbocycles. The highest BCUT2D eigenvalue weighted by Gasteiger charge is 2.06. The molecule has 16 heavy (non-hydrogen) atoms. The first kappa shape index (κ1) is 12.4. The van der Waals surface area contributed by atoms with Crippen molar-refractivity contribution < 1.29 is 8.42 Å². The Morgan fingerprint density at radius 2 is 2.31 bits per heavy atom. The number of aromatic nitrogens is 1. The SMILES string of the molecule is CNS(=O)(=O)Nc1cc(C#CCN)ccn1. The van der Waals surface area contributed by atoms with Crippen molar-refractivity contribution in [3.63, 3.8) is 0 Å². The predicted molar refractivity (Wildman–Crippen MR) is 61.8 cm³/mol. The van der Waals surface area contributed by atoms with Gasteiger partial charge in [-0.2, -0.15) is 8.42 Å². The normalized spacial score (nSPS) is 10.4. The van der Waals surface area contributed by atoms with E-state index in [9.17, 15) is 8.42 Å². The molecule has 0 unspecified atom stereocenters. The van der Waals surface area contributed by atoms with Gasteiger partial charge in [-0.15, -0.1) is 0 Å². The van der Waals surface area contributed by atoms with Crippen LogP contribution >= 0.6 is 0 Å². The third kappa shape index (κ3) is 3.86. The molecule has 4 N–H and O–H groups in total. The second-order valence-corrected chi connectivity index (χ2v) is 4.36. The first-order chi connectivity index (χ1) is 7.57. The van der Waals surface area contributed by atoms with Gasteiger partial charge in [0, 0.05) is 18.8 Å². The van der Waals surface area contributed by atoms with Gasteiger partial charge in [-0.3, -0.25) is 4.72 Å². The van der Waals surface area contributed by atoms with E-state index in [1.807, 2.05) is 0 Å². The molecule has 86 valence electrons. The molecule has 0 aliphatic heterocycles. The van der Waals surface area contributed by atoms with Gasteiger partial charge < -0.3 is 5.73 Å². The molecule has 1 aromatic heterocycles. The molecule has 0 amide bonds. The quantitative estimate of drug-likeness (QED) is 0.607. The lowest BCUT2D eigenvalue weighted by Crippen LogP contribution is -2.26. The lowest BCUT2D eigenvalue weighted by molar-refractivity contribution is 0.593. The van der Waals surface area contributed by atoms with Gasteiger partial charge in [0.1, 0.15) is 5.82 Å². The summed E-state index contributed by atoms with van der Waals surface area (Å²) in [5, 5.41) is 0. The molecule has 7 heteroatoms. The maximum absolute atomic E-state index is 11.2. The topological polar surface area (TPSA) is 97.1 Å². The maximum atomic E-state index is 11.2. The van der Waals surface area contributed by atoms with E-state index in [-0.39, 0.29) is 12.4 Å². The predicted octanol–water partition coefficient (Wildman–Crippen LogP) is -0.732. The molecule has 0 saturated carbocycles. The number of nitrogens with zero attached hydrogens (tertiary/aromatic N) is 1. The van der Waals surface area contributed by atoms with Crippen LogP contribution in [0.4, 0.5) is 5.82 Å². The van der Waals surface area contributed by atoms with Crippen LogP contribution in [0.2, 0.25) is 0 Å². The smallest absolute Gasteiger partial charge is 0.300 e. The third-order valence-corrected chi connectivity index (χ3v) is 2.62. The number of anilines is 1. The van der Waals surface area contributed by atoms with Gasteiger partial charge in [0.05, 0.1) is 6.54 Å². The molecule has 0 aliphatic rings. The van der Waals surface area contributed by atoms with E-state index in [0.29, 0.717) is 5.56 Å². The fourth-order valence-corrected chi connectivity index (χ4v) is 1.39. The van der Waals surface area contributed by atoms with E-state index in [4.69, 9.17) is 5.73 Å². The van der Waals surface area contributed by atoms with Gasteiger partial charge in [-0.1, -0.05) is 11.8 Å². The fourth-order valence-electron chi connectivity index (χ4n) is 0.906. The lowest BCUT2D eigenvalue weighted by Gasteiger charge is -2.04. The highest BCUT2D eigenvalue weighted by atomic mass is 32.2. The van der Waals surface area contributed by atoms with Crippen LogP contribution in [0.25, 0.3) is 0 Å². The van der Waals surface area contributed by atoms with E-state index < -0.39 is 10.2 Å². The molecular weight excluding hydrogens is 228 g/mol. The van der Waals surface area contributed by atoms with Crippen LogP contribution in [0.15, 0.2) is 18.3 Å². The second-order valence-electron chi connectivity index (χ2n) is 2.75. The van der Waals surface area contributed by atoms with Crippen molar-refractivity contribution in [3.8, 4) is 11.8 Å². The molecule has 1 rings (SSSR count). The molecule has 0 saturated heterocycles. The molecule has 0 radical (unpaired) electrons. The van der Waals surface area contributed by atoms with Gasteiger partial charge in [-0.05, 0) is 12.1 Å². The number of nitrogens with one attached hydrogen (secondary N) is 2. The Morgan fingerprint density at radius 3 is 2.94 bits per heavy atom. The molecule has 1 aromatic rings. The Kier molecular flexibility index (Phi) is 4.25.